The molecule has 0 saturated heterocycles. The highest BCUT2D eigenvalue weighted by Gasteiger charge is 2.36. The molecule has 0 radical (unpaired) electrons. The van der Waals surface area contributed by atoms with Gasteiger partial charge in [-0.25, -0.2) is 0 Å². The predicted octanol–water partition coefficient (Wildman–Crippen LogP) is 2.81. The van der Waals surface area contributed by atoms with Gasteiger partial charge in [0.2, 0.25) is 5.89 Å². The van der Waals surface area contributed by atoms with Gasteiger partial charge in [-0.3, -0.25) is 0 Å². The van der Waals surface area contributed by atoms with E-state index < -0.39 is 0 Å². The highest BCUT2D eigenvalue weighted by atomic mass is 16.5. The first kappa shape index (κ1) is 14.3. The van der Waals surface area contributed by atoms with Crippen LogP contribution in [0.15, 0.2) is 22.7 Å². The minimum Gasteiger partial charge on any atom is -0.493 e. The Bertz CT molecular complexity index is 750. The zero-order valence-corrected chi connectivity index (χ0v) is 13.4. The van der Waals surface area contributed by atoms with Gasteiger partial charge in [-0.1, -0.05) is 6.07 Å². The number of nitrogens with one attached hydrogen (secondary N) is 1. The molecule has 24 heavy (non-hydrogen) atoms. The zero-order chi connectivity index (χ0) is 16.1. The van der Waals surface area contributed by atoms with Crippen LogP contribution in [-0.2, 0) is 6.42 Å². The van der Waals surface area contributed by atoms with Crippen molar-refractivity contribution in [3.05, 3.63) is 35.2 Å². The van der Waals surface area contributed by atoms with Crippen LogP contribution >= 0.6 is 0 Å². The molecule has 0 spiro atoms. The Labute approximate surface area is 140 Å². The molecular weight excluding hydrogens is 306 g/mol. The number of aliphatic hydroxyl groups is 1. The number of hydrogen-bond acceptors (Lipinski definition) is 6. The quantitative estimate of drug-likeness (QED) is 0.879. The second-order valence-corrected chi connectivity index (χ2v) is 7.20. The van der Waals surface area contributed by atoms with E-state index in [1.165, 1.54) is 11.1 Å². The molecule has 2 aliphatic carbocycles. The summed E-state index contributed by atoms with van der Waals surface area (Å²) in [6.45, 7) is 0.759. The van der Waals surface area contributed by atoms with Crippen molar-refractivity contribution in [1.82, 2.24) is 10.1 Å². The van der Waals surface area contributed by atoms with Gasteiger partial charge in [0.05, 0.1) is 18.8 Å². The van der Waals surface area contributed by atoms with Crippen molar-refractivity contribution in [2.24, 2.45) is 5.92 Å². The molecule has 2 heterocycles. The molecule has 2 aromatic rings. The zero-order valence-electron chi connectivity index (χ0n) is 13.4. The molecule has 2 fully saturated rings. The van der Waals surface area contributed by atoms with Gasteiger partial charge in [0.1, 0.15) is 5.75 Å². The molecule has 6 nitrogen and oxygen atoms in total. The molecule has 0 bridgehead atoms. The second kappa shape index (κ2) is 5.48. The van der Waals surface area contributed by atoms with Crippen molar-refractivity contribution in [1.29, 1.82) is 0 Å². The molecule has 0 amide bonds. The second-order valence-electron chi connectivity index (χ2n) is 7.20. The fourth-order valence-electron chi connectivity index (χ4n) is 3.70. The summed E-state index contributed by atoms with van der Waals surface area (Å²) in [6, 6.07) is 6.46. The minimum atomic E-state index is -0.190. The number of hydrogen-bond donors (Lipinski definition) is 2. The van der Waals surface area contributed by atoms with Crippen molar-refractivity contribution in [2.75, 3.05) is 11.9 Å². The van der Waals surface area contributed by atoms with Gasteiger partial charge in [0, 0.05) is 12.3 Å². The molecule has 1 atom stereocenters. The average molecular weight is 327 g/mol. The summed E-state index contributed by atoms with van der Waals surface area (Å²) in [5, 5.41) is 17.3. The molecule has 1 aromatic carbocycles. The number of fused-ring (bicyclic) bond motifs is 1. The molecule has 1 aromatic heterocycles. The maximum atomic E-state index is 9.72. The standard InChI is InChI=1S/C18H21N3O3/c22-14-8-13(9-14)16(12-3-4-15-11(7-12)5-6-23-15)19-18-20-17(24-21-18)10-1-2-10/h3-4,7,10,13-14,16,22H,1-2,5-6,8-9H2,(H,19,21)/t13?,14?,16-/m0/s1. The molecule has 5 rings (SSSR count). The molecule has 126 valence electrons. The van der Waals surface area contributed by atoms with Crippen molar-refractivity contribution in [3.8, 4) is 5.75 Å². The highest BCUT2D eigenvalue weighted by Crippen LogP contribution is 2.42. The van der Waals surface area contributed by atoms with E-state index in [1.807, 2.05) is 6.07 Å². The lowest BCUT2D eigenvalue weighted by Crippen LogP contribution is -2.36. The molecular formula is C18H21N3O3. The van der Waals surface area contributed by atoms with E-state index >= 15 is 0 Å². The van der Waals surface area contributed by atoms with Crippen molar-refractivity contribution >= 4 is 5.95 Å². The van der Waals surface area contributed by atoms with Crippen LogP contribution in [0.25, 0.3) is 0 Å². The Hall–Kier alpha value is -2.08. The summed E-state index contributed by atoms with van der Waals surface area (Å²) in [6.07, 6.45) is 4.66. The molecule has 3 aliphatic rings. The number of aliphatic hydroxyl groups excluding tert-OH is 1. The van der Waals surface area contributed by atoms with Crippen LogP contribution in [0, 0.1) is 5.92 Å². The molecule has 1 aliphatic heterocycles. The van der Waals surface area contributed by atoms with E-state index in [2.05, 4.69) is 27.6 Å². The SMILES string of the molecule is OC1CC([C@@H](Nc2noc(C3CC3)n2)c2ccc3c(c2)CCO3)C1. The van der Waals surface area contributed by atoms with Gasteiger partial charge >= 0.3 is 0 Å². The van der Waals surface area contributed by atoms with Crippen LogP contribution in [0.2, 0.25) is 0 Å². The van der Waals surface area contributed by atoms with Gasteiger partial charge in [-0.05, 0) is 60.0 Å². The third-order valence-electron chi connectivity index (χ3n) is 5.35. The van der Waals surface area contributed by atoms with Crippen molar-refractivity contribution < 1.29 is 14.4 Å². The molecule has 0 unspecified atom stereocenters. The van der Waals surface area contributed by atoms with Gasteiger partial charge in [-0.15, -0.1) is 0 Å². The number of ether oxygens (including phenoxy) is 1. The van der Waals surface area contributed by atoms with Gasteiger partial charge in [0.25, 0.3) is 5.95 Å². The first-order valence-electron chi connectivity index (χ1n) is 8.80. The van der Waals surface area contributed by atoms with Crippen LogP contribution in [0.4, 0.5) is 5.95 Å². The lowest BCUT2D eigenvalue weighted by Gasteiger charge is -2.38. The maximum absolute atomic E-state index is 9.72. The summed E-state index contributed by atoms with van der Waals surface area (Å²) >= 11 is 0. The van der Waals surface area contributed by atoms with E-state index in [4.69, 9.17) is 9.26 Å². The summed E-state index contributed by atoms with van der Waals surface area (Å²) in [4.78, 5) is 4.49. The highest BCUT2D eigenvalue weighted by molar-refractivity contribution is 5.43. The number of anilines is 1. The Balaban J connectivity index is 1.41. The normalized spacial score (nSPS) is 26.4. The van der Waals surface area contributed by atoms with Crippen molar-refractivity contribution in [2.45, 2.75) is 50.2 Å². The Morgan fingerprint density at radius 2 is 2.12 bits per heavy atom. The molecule has 2 saturated carbocycles. The molecule has 6 heteroatoms. The molecule has 2 N–H and O–H groups in total. The van der Waals surface area contributed by atoms with E-state index in [-0.39, 0.29) is 12.1 Å². The summed E-state index contributed by atoms with van der Waals surface area (Å²) < 4.78 is 11.0. The Kier molecular flexibility index (Phi) is 3.26. The van der Waals surface area contributed by atoms with E-state index in [0.717, 1.165) is 50.4 Å². The van der Waals surface area contributed by atoms with Crippen LogP contribution in [0.5, 0.6) is 5.75 Å². The van der Waals surface area contributed by atoms with Crippen LogP contribution in [0.1, 0.15) is 54.7 Å². The van der Waals surface area contributed by atoms with E-state index in [0.29, 0.717) is 17.8 Å². The van der Waals surface area contributed by atoms with Crippen LogP contribution in [-0.4, -0.2) is 28.0 Å². The van der Waals surface area contributed by atoms with Gasteiger partial charge in [0.15, 0.2) is 0 Å². The topological polar surface area (TPSA) is 80.4 Å². The largest absolute Gasteiger partial charge is 0.493 e. The van der Waals surface area contributed by atoms with E-state index in [9.17, 15) is 5.11 Å². The number of rotatable bonds is 5. The minimum absolute atomic E-state index is 0.0870. The summed E-state index contributed by atoms with van der Waals surface area (Å²) in [7, 11) is 0. The average Bonchev–Trinajstić information content (AvgIpc) is 3.12. The van der Waals surface area contributed by atoms with E-state index in [1.54, 1.807) is 0 Å². The van der Waals surface area contributed by atoms with Crippen LogP contribution < -0.4 is 10.1 Å². The lowest BCUT2D eigenvalue weighted by atomic mass is 9.75. The number of nitrogens with zero attached hydrogens (tertiary/aromatic N) is 2. The Morgan fingerprint density at radius 3 is 2.92 bits per heavy atom. The summed E-state index contributed by atoms with van der Waals surface area (Å²) in [5.74, 6) is 3.12. The first-order valence-corrected chi connectivity index (χ1v) is 8.80. The third-order valence-corrected chi connectivity index (χ3v) is 5.35. The fraction of sp³-hybridized carbons (Fsp3) is 0.556. The fourth-order valence-corrected chi connectivity index (χ4v) is 3.70. The summed E-state index contributed by atoms with van der Waals surface area (Å²) in [5.41, 5.74) is 2.46. The predicted molar refractivity (Wildman–Crippen MR) is 87.0 cm³/mol. The maximum Gasteiger partial charge on any atom is 0.263 e. The smallest absolute Gasteiger partial charge is 0.263 e. The monoisotopic (exact) mass is 327 g/mol. The lowest BCUT2D eigenvalue weighted by molar-refractivity contribution is 0.0338. The number of benzene rings is 1. The van der Waals surface area contributed by atoms with Gasteiger partial charge < -0.3 is 19.7 Å². The van der Waals surface area contributed by atoms with Crippen LogP contribution in [0.3, 0.4) is 0 Å². The third kappa shape index (κ3) is 2.55. The van der Waals surface area contributed by atoms with Gasteiger partial charge in [-0.2, -0.15) is 4.98 Å². The number of aromatic nitrogens is 2. The Morgan fingerprint density at radius 1 is 1.25 bits per heavy atom. The first-order chi connectivity index (χ1) is 11.8. The van der Waals surface area contributed by atoms with Crippen molar-refractivity contribution in [3.63, 3.8) is 0 Å².